The van der Waals surface area contributed by atoms with E-state index in [1.165, 1.54) is 5.56 Å². The largest absolute Gasteiger partial charge is 0.300 e. The van der Waals surface area contributed by atoms with Crippen LogP contribution in [0.3, 0.4) is 0 Å². The van der Waals surface area contributed by atoms with Gasteiger partial charge in [-0.2, -0.15) is 5.21 Å². The van der Waals surface area contributed by atoms with Crippen LogP contribution in [-0.2, 0) is 6.54 Å². The summed E-state index contributed by atoms with van der Waals surface area (Å²) in [5.41, 5.74) is 3.93. The van der Waals surface area contributed by atoms with Crippen LogP contribution in [0.1, 0.15) is 15.9 Å². The van der Waals surface area contributed by atoms with Crippen molar-refractivity contribution in [2.24, 2.45) is 0 Å². The van der Waals surface area contributed by atoms with E-state index < -0.39 is 0 Å². The molecule has 1 saturated heterocycles. The summed E-state index contributed by atoms with van der Waals surface area (Å²) in [5.74, 6) is 0.816. The maximum atomic E-state index is 12.6. The molecule has 1 fully saturated rings. The molecule has 0 saturated carbocycles. The number of carbonyl (C=O) groups excluding carboxylic acids is 1. The van der Waals surface area contributed by atoms with Gasteiger partial charge in [0.25, 0.3) is 11.9 Å². The fraction of sp³-hybridized carbons (Fsp3) is 0.269. The number of amides is 1. The first kappa shape index (κ1) is 25.3. The number of benzene rings is 2. The average Bonchev–Trinajstić information content (AvgIpc) is 3.44. The van der Waals surface area contributed by atoms with Gasteiger partial charge in [0.05, 0.1) is 11.3 Å². The molecule has 1 aliphatic heterocycles. The number of hydrogen-bond donors (Lipinski definition) is 2. The monoisotopic (exact) mass is 534 g/mol. The minimum Gasteiger partial charge on any atom is -0.300 e. The third-order valence-electron chi connectivity index (χ3n) is 6.24. The van der Waals surface area contributed by atoms with Crippen molar-refractivity contribution in [3.8, 4) is 11.3 Å². The number of rotatable bonds is 9. The summed E-state index contributed by atoms with van der Waals surface area (Å²) in [5, 5.41) is 16.8. The number of aromatic amines is 1. The van der Waals surface area contributed by atoms with Gasteiger partial charge in [0.15, 0.2) is 0 Å². The summed E-state index contributed by atoms with van der Waals surface area (Å²) >= 11 is 7.75. The minimum atomic E-state index is -0.244. The fourth-order valence-electron chi connectivity index (χ4n) is 4.29. The Morgan fingerprint density at radius 2 is 1.78 bits per heavy atom. The number of nitrogens with zero attached hydrogens (tertiary/aromatic N) is 6. The van der Waals surface area contributed by atoms with Gasteiger partial charge in [0.2, 0.25) is 0 Å². The second-order valence-electron chi connectivity index (χ2n) is 8.67. The van der Waals surface area contributed by atoms with Crippen LogP contribution in [0, 0.1) is 0 Å². The van der Waals surface area contributed by atoms with E-state index >= 15 is 0 Å². The third-order valence-corrected chi connectivity index (χ3v) is 7.54. The van der Waals surface area contributed by atoms with Crippen LogP contribution < -0.4 is 5.32 Å². The summed E-state index contributed by atoms with van der Waals surface area (Å²) in [6.45, 7) is 5.86. The lowest BCUT2D eigenvalue weighted by atomic mass is 10.1. The van der Waals surface area contributed by atoms with Gasteiger partial charge in [-0.05, 0) is 41.1 Å². The highest BCUT2D eigenvalue weighted by molar-refractivity contribution is 7.99. The van der Waals surface area contributed by atoms with E-state index in [0.29, 0.717) is 5.56 Å². The Morgan fingerprint density at radius 1 is 1.00 bits per heavy atom. The number of thioether (sulfide) groups is 1. The molecule has 2 aromatic heterocycles. The minimum absolute atomic E-state index is 0.161. The maximum absolute atomic E-state index is 12.6. The SMILES string of the molecule is O=C(Nc1nn[nH]n1)c1ccccc1SCCN1CCN(Cc2cccnc2-c2ccc(Cl)cc2)CC1. The highest BCUT2D eigenvalue weighted by atomic mass is 35.5. The van der Waals surface area contributed by atoms with Gasteiger partial charge in [-0.25, -0.2) is 0 Å². The van der Waals surface area contributed by atoms with Gasteiger partial charge in [0, 0.05) is 66.7 Å². The van der Waals surface area contributed by atoms with E-state index in [0.717, 1.165) is 66.2 Å². The summed E-state index contributed by atoms with van der Waals surface area (Å²) in [7, 11) is 0. The number of pyridine rings is 1. The van der Waals surface area contributed by atoms with Crippen molar-refractivity contribution in [3.63, 3.8) is 0 Å². The van der Waals surface area contributed by atoms with Crippen LogP contribution in [0.25, 0.3) is 11.3 Å². The average molecular weight is 535 g/mol. The van der Waals surface area contributed by atoms with Crippen molar-refractivity contribution in [2.45, 2.75) is 11.4 Å². The van der Waals surface area contributed by atoms with Crippen molar-refractivity contribution < 1.29 is 4.79 Å². The summed E-state index contributed by atoms with van der Waals surface area (Å²) < 4.78 is 0. The molecule has 5 rings (SSSR count). The zero-order valence-electron chi connectivity index (χ0n) is 20.2. The van der Waals surface area contributed by atoms with Crippen LogP contribution in [0.5, 0.6) is 0 Å². The first-order valence-electron chi connectivity index (χ1n) is 12.1. The lowest BCUT2D eigenvalue weighted by Gasteiger charge is -2.34. The Morgan fingerprint density at radius 3 is 2.57 bits per heavy atom. The third kappa shape index (κ3) is 6.72. The van der Waals surface area contributed by atoms with Crippen molar-refractivity contribution in [2.75, 3.05) is 43.8 Å². The Labute approximate surface area is 224 Å². The zero-order valence-corrected chi connectivity index (χ0v) is 21.8. The molecule has 2 N–H and O–H groups in total. The molecule has 37 heavy (non-hydrogen) atoms. The molecule has 9 nitrogen and oxygen atoms in total. The number of nitrogens with one attached hydrogen (secondary N) is 2. The topological polar surface area (TPSA) is 103 Å². The number of hydrogen-bond acceptors (Lipinski definition) is 8. The Hall–Kier alpha value is -3.31. The van der Waals surface area contributed by atoms with Crippen LogP contribution in [0.4, 0.5) is 5.95 Å². The second kappa shape index (κ2) is 12.3. The lowest BCUT2D eigenvalue weighted by Crippen LogP contribution is -2.46. The van der Waals surface area contributed by atoms with Crippen molar-refractivity contribution >= 4 is 35.2 Å². The van der Waals surface area contributed by atoms with Crippen LogP contribution in [0.2, 0.25) is 5.02 Å². The van der Waals surface area contributed by atoms with Crippen LogP contribution >= 0.6 is 23.4 Å². The molecular weight excluding hydrogens is 508 g/mol. The predicted molar refractivity (Wildman–Crippen MR) is 146 cm³/mol. The van der Waals surface area contributed by atoms with E-state index in [2.05, 4.69) is 46.8 Å². The molecule has 0 spiro atoms. The van der Waals surface area contributed by atoms with Gasteiger partial charge in [0.1, 0.15) is 0 Å². The van der Waals surface area contributed by atoms with Gasteiger partial charge in [-0.15, -0.1) is 16.9 Å². The lowest BCUT2D eigenvalue weighted by molar-refractivity contribution is 0.102. The highest BCUT2D eigenvalue weighted by Gasteiger charge is 2.19. The van der Waals surface area contributed by atoms with Gasteiger partial charge in [-0.3, -0.25) is 24.9 Å². The number of H-pyrrole nitrogens is 1. The van der Waals surface area contributed by atoms with E-state index in [-0.39, 0.29) is 11.9 Å². The predicted octanol–water partition coefficient (Wildman–Crippen LogP) is 4.08. The Kier molecular flexibility index (Phi) is 8.42. The number of halogens is 1. The normalized spacial score (nSPS) is 14.5. The molecule has 0 aliphatic carbocycles. The molecule has 0 unspecified atom stereocenters. The molecular formula is C26H27ClN8OS. The molecule has 11 heteroatoms. The summed E-state index contributed by atoms with van der Waals surface area (Å²) in [6.07, 6.45) is 1.84. The maximum Gasteiger partial charge on any atom is 0.270 e. The quantitative estimate of drug-likeness (QED) is 0.310. The van der Waals surface area contributed by atoms with E-state index in [4.69, 9.17) is 11.6 Å². The molecule has 190 valence electrons. The molecule has 1 amide bonds. The smallest absolute Gasteiger partial charge is 0.270 e. The number of piperazine rings is 1. The standard InChI is InChI=1S/C26H27ClN8OS/c27-21-9-7-19(8-10-21)24-20(4-3-11-28-24)18-35-14-12-34(13-15-35)16-17-37-23-6-2-1-5-22(23)25(36)29-26-30-32-33-31-26/h1-11H,12-18H2,(H2,29,30,31,32,33,36). The molecule has 1 aliphatic rings. The Bertz CT molecular complexity index is 1310. The van der Waals surface area contributed by atoms with E-state index in [1.807, 2.05) is 60.8 Å². The molecule has 0 atom stereocenters. The highest BCUT2D eigenvalue weighted by Crippen LogP contribution is 2.25. The molecule has 3 heterocycles. The van der Waals surface area contributed by atoms with E-state index in [9.17, 15) is 4.79 Å². The molecule has 4 aromatic rings. The number of anilines is 1. The molecule has 2 aromatic carbocycles. The van der Waals surface area contributed by atoms with Crippen LogP contribution in [-0.4, -0.2) is 79.8 Å². The zero-order chi connectivity index (χ0) is 25.5. The van der Waals surface area contributed by atoms with Gasteiger partial charge >= 0.3 is 0 Å². The summed E-state index contributed by atoms with van der Waals surface area (Å²) in [6, 6.07) is 19.6. The van der Waals surface area contributed by atoms with Gasteiger partial charge < -0.3 is 0 Å². The first-order chi connectivity index (χ1) is 18.2. The van der Waals surface area contributed by atoms with Crippen LogP contribution in [0.15, 0.2) is 71.8 Å². The second-order valence-corrected chi connectivity index (χ2v) is 10.2. The molecule has 0 bridgehead atoms. The van der Waals surface area contributed by atoms with E-state index in [1.54, 1.807) is 11.8 Å². The summed E-state index contributed by atoms with van der Waals surface area (Å²) in [4.78, 5) is 23.2. The number of carbonyl (C=O) groups is 1. The number of aromatic nitrogens is 5. The van der Waals surface area contributed by atoms with Gasteiger partial charge in [-0.1, -0.05) is 47.0 Å². The molecule has 0 radical (unpaired) electrons. The first-order valence-corrected chi connectivity index (χ1v) is 13.4. The Balaban J connectivity index is 1.11. The van der Waals surface area contributed by atoms with Crippen molar-refractivity contribution in [1.29, 1.82) is 0 Å². The van der Waals surface area contributed by atoms with Crippen molar-refractivity contribution in [3.05, 3.63) is 83.0 Å². The number of tetrazole rings is 1. The fourth-order valence-corrected chi connectivity index (χ4v) is 5.48. The van der Waals surface area contributed by atoms with Crippen molar-refractivity contribution in [1.82, 2.24) is 35.4 Å².